The quantitative estimate of drug-likeness (QED) is 0.675. The highest BCUT2D eigenvalue weighted by Gasteiger charge is 2.37. The van der Waals surface area contributed by atoms with Crippen LogP contribution in [0.1, 0.15) is 45.1 Å². The van der Waals surface area contributed by atoms with Crippen molar-refractivity contribution in [2.75, 3.05) is 19.6 Å². The van der Waals surface area contributed by atoms with Crippen molar-refractivity contribution in [3.63, 3.8) is 0 Å². The molecule has 0 unspecified atom stereocenters. The molecular formula is C21H26N2O4S. The molecule has 3 amide bonds. The van der Waals surface area contributed by atoms with E-state index in [0.29, 0.717) is 23.7 Å². The lowest BCUT2D eigenvalue weighted by atomic mass is 10.1. The number of nitrogens with zero attached hydrogens (tertiary/aromatic N) is 2. The van der Waals surface area contributed by atoms with E-state index >= 15 is 0 Å². The molecule has 0 aromatic heterocycles. The minimum atomic E-state index is -0.418. The van der Waals surface area contributed by atoms with Crippen molar-refractivity contribution < 1.29 is 19.1 Å². The Morgan fingerprint density at radius 1 is 1.21 bits per heavy atom. The number of para-hydroxylation sites is 1. The number of carbonyl (C=O) groups is 3. The van der Waals surface area contributed by atoms with Crippen molar-refractivity contribution in [3.05, 3.63) is 34.7 Å². The van der Waals surface area contributed by atoms with Crippen molar-refractivity contribution in [1.82, 2.24) is 9.80 Å². The Hall–Kier alpha value is -2.28. The predicted octanol–water partition coefficient (Wildman–Crippen LogP) is 3.91. The molecule has 6 nitrogen and oxygen atoms in total. The number of piperidine rings is 1. The average molecular weight is 403 g/mol. The second kappa shape index (κ2) is 9.28. The molecule has 0 bridgehead atoms. The normalized spacial score (nSPS) is 20.0. The Labute approximate surface area is 169 Å². The molecule has 1 aromatic carbocycles. The van der Waals surface area contributed by atoms with E-state index in [1.165, 1.54) is 0 Å². The molecule has 28 heavy (non-hydrogen) atoms. The van der Waals surface area contributed by atoms with Crippen LogP contribution in [-0.2, 0) is 9.59 Å². The molecule has 7 heteroatoms. The van der Waals surface area contributed by atoms with Crippen LogP contribution in [0, 0.1) is 0 Å². The van der Waals surface area contributed by atoms with E-state index in [-0.39, 0.29) is 18.6 Å². The molecule has 150 valence electrons. The minimum Gasteiger partial charge on any atom is -0.490 e. The minimum absolute atomic E-state index is 0.0479. The zero-order valence-corrected chi connectivity index (χ0v) is 17.2. The van der Waals surface area contributed by atoms with Crippen LogP contribution in [0.25, 0.3) is 6.08 Å². The zero-order valence-electron chi connectivity index (χ0n) is 16.3. The zero-order chi connectivity index (χ0) is 20.1. The molecule has 2 saturated heterocycles. The third kappa shape index (κ3) is 4.76. The summed E-state index contributed by atoms with van der Waals surface area (Å²) in [5.41, 5.74) is 0.746. The topological polar surface area (TPSA) is 66.9 Å². The number of likely N-dealkylation sites (tertiary alicyclic amines) is 1. The first-order chi connectivity index (χ1) is 13.5. The van der Waals surface area contributed by atoms with Gasteiger partial charge < -0.3 is 9.64 Å². The van der Waals surface area contributed by atoms with Gasteiger partial charge in [-0.2, -0.15) is 0 Å². The summed E-state index contributed by atoms with van der Waals surface area (Å²) < 4.78 is 5.91. The number of ether oxygens (including phenoxy) is 1. The number of rotatable bonds is 6. The Kier molecular flexibility index (Phi) is 6.78. The van der Waals surface area contributed by atoms with Gasteiger partial charge in [-0.25, -0.2) is 0 Å². The van der Waals surface area contributed by atoms with Crippen molar-refractivity contribution in [1.29, 1.82) is 0 Å². The third-order valence-electron chi connectivity index (χ3n) is 4.98. The summed E-state index contributed by atoms with van der Waals surface area (Å²) >= 11 is 0.871. The first kappa shape index (κ1) is 20.5. The maximum absolute atomic E-state index is 12.7. The fourth-order valence-corrected chi connectivity index (χ4v) is 3.99. The second-order valence-corrected chi connectivity index (χ2v) is 8.08. The van der Waals surface area contributed by atoms with Gasteiger partial charge in [0.1, 0.15) is 12.3 Å². The Morgan fingerprint density at radius 2 is 1.93 bits per heavy atom. The third-order valence-corrected chi connectivity index (χ3v) is 5.89. The van der Waals surface area contributed by atoms with E-state index in [1.807, 2.05) is 38.1 Å². The standard InChI is InChI=1S/C21H26N2O4S/c1-3-15(2)27-17-10-6-5-9-16(17)13-18-20(25)23(21(26)28-18)14-19(24)22-11-7-4-8-12-22/h5-6,9-10,13,15H,3-4,7-8,11-12,14H2,1-2H3/b18-13+/t15-/m1/s1. The number of thioether (sulfide) groups is 1. The molecule has 1 atom stereocenters. The summed E-state index contributed by atoms with van der Waals surface area (Å²) in [5.74, 6) is 0.0931. The van der Waals surface area contributed by atoms with E-state index in [1.54, 1.807) is 11.0 Å². The number of imide groups is 1. The number of carbonyl (C=O) groups excluding carboxylic acids is 3. The summed E-state index contributed by atoms with van der Waals surface area (Å²) in [7, 11) is 0. The number of hydrogen-bond donors (Lipinski definition) is 0. The maximum atomic E-state index is 12.7. The number of benzene rings is 1. The monoisotopic (exact) mass is 402 g/mol. The van der Waals surface area contributed by atoms with E-state index in [4.69, 9.17) is 4.74 Å². The van der Waals surface area contributed by atoms with E-state index < -0.39 is 11.1 Å². The first-order valence-corrected chi connectivity index (χ1v) is 10.6. The SMILES string of the molecule is CC[C@@H](C)Oc1ccccc1/C=C1/SC(=O)N(CC(=O)N2CCCCC2)C1=O. The fourth-order valence-electron chi connectivity index (χ4n) is 3.16. The van der Waals surface area contributed by atoms with Gasteiger partial charge in [0, 0.05) is 18.7 Å². The van der Waals surface area contributed by atoms with Gasteiger partial charge in [0.2, 0.25) is 5.91 Å². The van der Waals surface area contributed by atoms with Crippen LogP contribution in [-0.4, -0.2) is 52.6 Å². The maximum Gasteiger partial charge on any atom is 0.294 e. The van der Waals surface area contributed by atoms with Gasteiger partial charge in [0.05, 0.1) is 11.0 Å². The van der Waals surface area contributed by atoms with Crippen LogP contribution in [0.15, 0.2) is 29.2 Å². The average Bonchev–Trinajstić information content (AvgIpc) is 2.97. The molecular weight excluding hydrogens is 376 g/mol. The van der Waals surface area contributed by atoms with Crippen molar-refractivity contribution >= 4 is 34.9 Å². The second-order valence-electron chi connectivity index (χ2n) is 7.08. The summed E-state index contributed by atoms with van der Waals surface area (Å²) in [5, 5.41) is -0.401. The van der Waals surface area contributed by atoms with Crippen molar-refractivity contribution in [2.24, 2.45) is 0 Å². The smallest absolute Gasteiger partial charge is 0.294 e. The Morgan fingerprint density at radius 3 is 2.64 bits per heavy atom. The Bertz CT molecular complexity index is 786. The highest BCUT2D eigenvalue weighted by atomic mass is 32.2. The highest BCUT2D eigenvalue weighted by Crippen LogP contribution is 2.34. The molecule has 0 saturated carbocycles. The molecule has 2 aliphatic rings. The van der Waals surface area contributed by atoms with Gasteiger partial charge in [0.25, 0.3) is 11.1 Å². The van der Waals surface area contributed by atoms with Crippen LogP contribution in [0.2, 0.25) is 0 Å². The molecule has 0 spiro atoms. The molecule has 0 radical (unpaired) electrons. The van der Waals surface area contributed by atoms with Crippen LogP contribution in [0.5, 0.6) is 5.75 Å². The van der Waals surface area contributed by atoms with Gasteiger partial charge in [-0.05, 0) is 56.5 Å². The van der Waals surface area contributed by atoms with Crippen molar-refractivity contribution in [3.8, 4) is 5.75 Å². The predicted molar refractivity (Wildman–Crippen MR) is 110 cm³/mol. The van der Waals surface area contributed by atoms with Crippen LogP contribution in [0.3, 0.4) is 0 Å². The summed E-state index contributed by atoms with van der Waals surface area (Å²) in [6.45, 7) is 5.23. The lowest BCUT2D eigenvalue weighted by molar-refractivity contribution is -0.136. The summed E-state index contributed by atoms with van der Waals surface area (Å²) in [4.78, 5) is 40.6. The summed E-state index contributed by atoms with van der Waals surface area (Å²) in [6, 6.07) is 7.43. The molecule has 1 aromatic rings. The molecule has 2 aliphatic heterocycles. The van der Waals surface area contributed by atoms with E-state index in [0.717, 1.165) is 47.9 Å². The molecule has 2 fully saturated rings. The first-order valence-electron chi connectivity index (χ1n) is 9.78. The largest absolute Gasteiger partial charge is 0.490 e. The van der Waals surface area contributed by atoms with Crippen LogP contribution in [0.4, 0.5) is 4.79 Å². The Balaban J connectivity index is 1.73. The lowest BCUT2D eigenvalue weighted by Crippen LogP contribution is -2.44. The number of amides is 3. The summed E-state index contributed by atoms with van der Waals surface area (Å²) in [6.07, 6.45) is 5.65. The lowest BCUT2D eigenvalue weighted by Gasteiger charge is -2.27. The van der Waals surface area contributed by atoms with Crippen LogP contribution >= 0.6 is 11.8 Å². The molecule has 0 aliphatic carbocycles. The van der Waals surface area contributed by atoms with Gasteiger partial charge in [-0.15, -0.1) is 0 Å². The molecule has 3 rings (SSSR count). The fraction of sp³-hybridized carbons (Fsp3) is 0.476. The van der Waals surface area contributed by atoms with Gasteiger partial charge in [-0.3, -0.25) is 19.3 Å². The molecule has 2 heterocycles. The van der Waals surface area contributed by atoms with Gasteiger partial charge >= 0.3 is 0 Å². The number of hydrogen-bond acceptors (Lipinski definition) is 5. The van der Waals surface area contributed by atoms with E-state index in [9.17, 15) is 14.4 Å². The highest BCUT2D eigenvalue weighted by molar-refractivity contribution is 8.18. The van der Waals surface area contributed by atoms with Crippen LogP contribution < -0.4 is 4.74 Å². The van der Waals surface area contributed by atoms with Gasteiger partial charge in [0.15, 0.2) is 0 Å². The molecule has 0 N–H and O–H groups in total. The van der Waals surface area contributed by atoms with Crippen molar-refractivity contribution in [2.45, 2.75) is 45.6 Å². The van der Waals surface area contributed by atoms with Gasteiger partial charge in [-0.1, -0.05) is 25.1 Å². The van der Waals surface area contributed by atoms with E-state index in [2.05, 4.69) is 0 Å².